The first kappa shape index (κ1) is 19.4. The fourth-order valence-electron chi connectivity index (χ4n) is 2.97. The highest BCUT2D eigenvalue weighted by molar-refractivity contribution is 7.87. The van der Waals surface area contributed by atoms with Crippen molar-refractivity contribution in [1.29, 1.82) is 5.26 Å². The van der Waals surface area contributed by atoms with Crippen LogP contribution in [0.2, 0.25) is 0 Å². The molecule has 3 aromatic rings. The van der Waals surface area contributed by atoms with Crippen molar-refractivity contribution >= 4 is 28.9 Å². The molecule has 3 aromatic carbocycles. The number of ether oxygens (including phenoxy) is 1. The third-order valence-corrected chi connectivity index (χ3v) is 7.87. The van der Waals surface area contributed by atoms with Gasteiger partial charge in [-0.05, 0) is 0 Å². The van der Waals surface area contributed by atoms with Crippen LogP contribution in [-0.4, -0.2) is 13.1 Å². The third-order valence-electron chi connectivity index (χ3n) is 4.22. The second-order valence-corrected chi connectivity index (χ2v) is 8.93. The highest BCUT2D eigenvalue weighted by Crippen LogP contribution is 2.47. The molecule has 0 aromatic heterocycles. The van der Waals surface area contributed by atoms with Crippen LogP contribution in [0.4, 0.5) is 0 Å². The second-order valence-electron chi connectivity index (χ2n) is 5.91. The van der Waals surface area contributed by atoms with Gasteiger partial charge in [0.1, 0.15) is 11.8 Å². The van der Waals surface area contributed by atoms with Crippen molar-refractivity contribution in [3.8, 4) is 6.07 Å². The Morgan fingerprint density at radius 2 is 1.25 bits per heavy atom. The van der Waals surface area contributed by atoms with E-state index in [0.717, 1.165) is 22.0 Å². The molecule has 0 atom stereocenters. The smallest absolute Gasteiger partial charge is 0.333 e. The minimum atomic E-state index is -2.57. The zero-order valence-corrected chi connectivity index (χ0v) is 16.3. The molecule has 0 N–H and O–H groups in total. The van der Waals surface area contributed by atoms with Gasteiger partial charge in [-0.1, -0.05) is 91.0 Å². The standard InChI is InChI=1S/C23H19N2O2P/c1-27-23(26)17-19(18-24)25-28(20-11-5-2-6-12-20,21-13-7-3-8-14-21)22-15-9-4-10-16-22/h2-17H,1H3/b19-17-. The van der Waals surface area contributed by atoms with E-state index in [-0.39, 0.29) is 5.70 Å². The molecule has 0 bridgehead atoms. The quantitative estimate of drug-likeness (QED) is 0.290. The van der Waals surface area contributed by atoms with E-state index in [0.29, 0.717) is 0 Å². The number of methoxy groups -OCH3 is 1. The van der Waals surface area contributed by atoms with E-state index in [2.05, 4.69) is 6.07 Å². The molecule has 5 heteroatoms. The molecule has 0 aliphatic heterocycles. The minimum absolute atomic E-state index is 0.0387. The lowest BCUT2D eigenvalue weighted by Crippen LogP contribution is -2.25. The Hall–Kier alpha value is -3.41. The first-order valence-corrected chi connectivity index (χ1v) is 10.4. The highest BCUT2D eigenvalue weighted by Gasteiger charge is 2.27. The summed E-state index contributed by atoms with van der Waals surface area (Å²) in [4.78, 5) is 11.8. The molecule has 28 heavy (non-hydrogen) atoms. The fraction of sp³-hybridized carbons (Fsp3) is 0.0435. The van der Waals surface area contributed by atoms with Gasteiger partial charge < -0.3 is 4.74 Å². The van der Waals surface area contributed by atoms with E-state index < -0.39 is 13.0 Å². The Balaban J connectivity index is 2.45. The number of nitrogens with zero attached hydrogens (tertiary/aromatic N) is 2. The number of allylic oxidation sites excluding steroid dienone is 1. The van der Waals surface area contributed by atoms with Gasteiger partial charge in [-0.25, -0.2) is 9.54 Å². The fourth-order valence-corrected chi connectivity index (χ4v) is 6.44. The highest BCUT2D eigenvalue weighted by atomic mass is 31.2. The molecule has 0 heterocycles. The number of benzene rings is 3. The molecule has 0 amide bonds. The van der Waals surface area contributed by atoms with Gasteiger partial charge in [0.05, 0.1) is 20.2 Å². The molecule has 3 rings (SSSR count). The van der Waals surface area contributed by atoms with Crippen LogP contribution >= 0.6 is 7.05 Å². The van der Waals surface area contributed by atoms with Gasteiger partial charge in [0, 0.05) is 15.9 Å². The molecule has 0 unspecified atom stereocenters. The summed E-state index contributed by atoms with van der Waals surface area (Å²) in [6.07, 6.45) is 1.14. The van der Waals surface area contributed by atoms with Crippen LogP contribution in [0.1, 0.15) is 0 Å². The molecule has 0 fully saturated rings. The molecule has 0 saturated carbocycles. The van der Waals surface area contributed by atoms with Crippen molar-refractivity contribution in [1.82, 2.24) is 0 Å². The normalized spacial score (nSPS) is 11.4. The summed E-state index contributed by atoms with van der Waals surface area (Å²) < 4.78 is 9.64. The van der Waals surface area contributed by atoms with Crippen molar-refractivity contribution in [2.45, 2.75) is 0 Å². The van der Waals surface area contributed by atoms with Crippen LogP contribution in [0.5, 0.6) is 0 Å². The van der Waals surface area contributed by atoms with Crippen molar-refractivity contribution < 1.29 is 9.53 Å². The molecule has 0 aliphatic carbocycles. The number of carbonyl (C=O) groups is 1. The molecule has 138 valence electrons. The Morgan fingerprint density at radius 3 is 1.57 bits per heavy atom. The van der Waals surface area contributed by atoms with Crippen molar-refractivity contribution in [3.05, 3.63) is 103 Å². The minimum Gasteiger partial charge on any atom is -0.466 e. The van der Waals surface area contributed by atoms with Crippen molar-refractivity contribution in [2.24, 2.45) is 4.74 Å². The topological polar surface area (TPSA) is 62.5 Å². The monoisotopic (exact) mass is 386 g/mol. The van der Waals surface area contributed by atoms with E-state index in [1.807, 2.05) is 91.0 Å². The van der Waals surface area contributed by atoms with Crippen LogP contribution in [-0.2, 0) is 9.53 Å². The predicted octanol–water partition coefficient (Wildman–Crippen LogP) is 3.74. The number of nitriles is 1. The maximum Gasteiger partial charge on any atom is 0.333 e. The maximum atomic E-state index is 11.8. The predicted molar refractivity (Wildman–Crippen MR) is 113 cm³/mol. The third kappa shape index (κ3) is 3.96. The zero-order chi connectivity index (χ0) is 19.8. The molecule has 4 nitrogen and oxygen atoms in total. The number of carbonyl (C=O) groups excluding carboxylic acids is 1. The number of hydrogen-bond donors (Lipinski definition) is 0. The van der Waals surface area contributed by atoms with E-state index in [9.17, 15) is 10.1 Å². The summed E-state index contributed by atoms with van der Waals surface area (Å²) in [6.45, 7) is 0. The van der Waals surface area contributed by atoms with Crippen LogP contribution in [0.3, 0.4) is 0 Å². The van der Waals surface area contributed by atoms with Crippen LogP contribution in [0, 0.1) is 11.3 Å². The average Bonchev–Trinajstić information content (AvgIpc) is 2.78. The zero-order valence-electron chi connectivity index (χ0n) is 15.4. The summed E-state index contributed by atoms with van der Waals surface area (Å²) >= 11 is 0. The lowest BCUT2D eigenvalue weighted by atomic mass is 10.4. The SMILES string of the molecule is COC(=O)/C=C(/C#N)N=P(c1ccccc1)(c1ccccc1)c1ccccc1. The molecular formula is C23H19N2O2P. The Labute approximate surface area is 164 Å². The largest absolute Gasteiger partial charge is 0.466 e. The van der Waals surface area contributed by atoms with Crippen LogP contribution < -0.4 is 15.9 Å². The second kappa shape index (κ2) is 8.99. The lowest BCUT2D eigenvalue weighted by Gasteiger charge is -2.26. The summed E-state index contributed by atoms with van der Waals surface area (Å²) in [5.41, 5.74) is 0.0387. The van der Waals surface area contributed by atoms with E-state index >= 15 is 0 Å². The number of hydrogen-bond acceptors (Lipinski definition) is 4. The Kier molecular flexibility index (Phi) is 6.22. The molecule has 0 radical (unpaired) electrons. The van der Waals surface area contributed by atoms with Gasteiger partial charge in [0.25, 0.3) is 0 Å². The van der Waals surface area contributed by atoms with Gasteiger partial charge >= 0.3 is 5.97 Å². The number of rotatable bonds is 5. The van der Waals surface area contributed by atoms with E-state index in [4.69, 9.17) is 9.48 Å². The Morgan fingerprint density at radius 1 is 0.857 bits per heavy atom. The van der Waals surface area contributed by atoms with Gasteiger partial charge in [-0.3, -0.25) is 0 Å². The summed E-state index contributed by atoms with van der Waals surface area (Å²) in [5.74, 6) is -0.604. The molecule has 0 spiro atoms. The van der Waals surface area contributed by atoms with Gasteiger partial charge in [0.2, 0.25) is 0 Å². The van der Waals surface area contributed by atoms with E-state index in [1.54, 1.807) is 0 Å². The summed E-state index contributed by atoms with van der Waals surface area (Å²) in [7, 11) is -1.29. The first-order valence-electron chi connectivity index (χ1n) is 8.69. The van der Waals surface area contributed by atoms with Crippen molar-refractivity contribution in [2.75, 3.05) is 7.11 Å². The van der Waals surface area contributed by atoms with Gasteiger partial charge in [-0.2, -0.15) is 5.26 Å². The average molecular weight is 386 g/mol. The molecule has 0 saturated heterocycles. The molecular weight excluding hydrogens is 367 g/mol. The Bertz CT molecular complexity index is 966. The van der Waals surface area contributed by atoms with E-state index in [1.165, 1.54) is 7.11 Å². The first-order chi connectivity index (χ1) is 13.7. The van der Waals surface area contributed by atoms with Gasteiger partial charge in [-0.15, -0.1) is 0 Å². The van der Waals surface area contributed by atoms with Gasteiger partial charge in [0.15, 0.2) is 0 Å². The van der Waals surface area contributed by atoms with Crippen LogP contribution in [0.15, 0.2) is 108 Å². The lowest BCUT2D eigenvalue weighted by molar-refractivity contribution is -0.134. The summed E-state index contributed by atoms with van der Waals surface area (Å²) in [5, 5.41) is 12.7. The van der Waals surface area contributed by atoms with Crippen LogP contribution in [0.25, 0.3) is 0 Å². The molecule has 0 aliphatic rings. The van der Waals surface area contributed by atoms with Crippen molar-refractivity contribution in [3.63, 3.8) is 0 Å². The number of esters is 1. The maximum absolute atomic E-state index is 11.8. The summed E-state index contributed by atoms with van der Waals surface area (Å²) in [6, 6.07) is 31.8.